The van der Waals surface area contributed by atoms with Gasteiger partial charge in [0.2, 0.25) is 5.88 Å². The normalized spacial score (nSPS) is 10.4. The molecule has 0 spiro atoms. The minimum Gasteiger partial charge on any atom is -0.481 e. The van der Waals surface area contributed by atoms with Crippen molar-refractivity contribution in [2.75, 3.05) is 7.11 Å². The summed E-state index contributed by atoms with van der Waals surface area (Å²) in [5, 5.41) is 0. The Hall–Kier alpha value is -1.91. The summed E-state index contributed by atoms with van der Waals surface area (Å²) in [6.45, 7) is 1.45. The maximum absolute atomic E-state index is 11.0. The first-order valence-corrected chi connectivity index (χ1v) is 4.12. The molecule has 0 radical (unpaired) electrons. The molecule has 0 aromatic carbocycles. The third kappa shape index (κ3) is 1.32. The van der Waals surface area contributed by atoms with Gasteiger partial charge in [0.1, 0.15) is 0 Å². The molecule has 2 aromatic rings. The molecule has 2 aromatic heterocycles. The Morgan fingerprint density at radius 2 is 2.21 bits per heavy atom. The van der Waals surface area contributed by atoms with E-state index in [1.807, 2.05) is 0 Å². The highest BCUT2D eigenvalue weighted by molar-refractivity contribution is 5.93. The lowest BCUT2D eigenvalue weighted by atomic mass is 10.4. The third-order valence-corrected chi connectivity index (χ3v) is 1.86. The lowest BCUT2D eigenvalue weighted by Crippen LogP contribution is -1.93. The molecule has 14 heavy (non-hydrogen) atoms. The van der Waals surface area contributed by atoms with Crippen LogP contribution in [0.1, 0.15) is 17.5 Å². The van der Waals surface area contributed by atoms with Gasteiger partial charge in [0.05, 0.1) is 12.6 Å². The number of Topliss-reactive ketones (excluding diaryl/α,β-unsaturated/α-hetero) is 1. The van der Waals surface area contributed by atoms with Gasteiger partial charge in [-0.15, -0.1) is 0 Å². The number of aromatic nitrogens is 3. The summed E-state index contributed by atoms with van der Waals surface area (Å²) in [5.41, 5.74) is 1.23. The molecule has 2 rings (SSSR count). The topological polar surface area (TPSA) is 67.9 Å². The number of methoxy groups -OCH3 is 1. The van der Waals surface area contributed by atoms with Crippen molar-refractivity contribution < 1.29 is 9.53 Å². The molecule has 0 unspecified atom stereocenters. The Morgan fingerprint density at radius 1 is 1.43 bits per heavy atom. The maximum Gasteiger partial charge on any atom is 0.215 e. The van der Waals surface area contributed by atoms with Crippen LogP contribution in [0, 0.1) is 0 Å². The van der Waals surface area contributed by atoms with Gasteiger partial charge in [0.25, 0.3) is 0 Å². The van der Waals surface area contributed by atoms with Crippen LogP contribution in [-0.4, -0.2) is 27.8 Å². The second-order valence-electron chi connectivity index (χ2n) is 2.87. The quantitative estimate of drug-likeness (QED) is 0.723. The smallest absolute Gasteiger partial charge is 0.215 e. The van der Waals surface area contributed by atoms with Crippen LogP contribution in [0.2, 0.25) is 0 Å². The molecule has 5 heteroatoms. The summed E-state index contributed by atoms with van der Waals surface area (Å²) in [6, 6.07) is 3.49. The number of nitrogens with one attached hydrogen (secondary N) is 1. The number of nitrogens with zero attached hydrogens (tertiary/aromatic N) is 2. The first-order valence-electron chi connectivity index (χ1n) is 4.12. The van der Waals surface area contributed by atoms with Gasteiger partial charge in [-0.05, 0) is 6.07 Å². The minimum atomic E-state index is -0.109. The van der Waals surface area contributed by atoms with E-state index in [1.54, 1.807) is 12.1 Å². The Balaban J connectivity index is 2.60. The molecule has 0 saturated carbocycles. The monoisotopic (exact) mass is 191 g/mol. The van der Waals surface area contributed by atoms with Gasteiger partial charge >= 0.3 is 0 Å². The van der Waals surface area contributed by atoms with Crippen LogP contribution in [0.15, 0.2) is 12.1 Å². The average molecular weight is 191 g/mol. The molecule has 0 amide bonds. The van der Waals surface area contributed by atoms with Crippen molar-refractivity contribution in [1.82, 2.24) is 15.0 Å². The van der Waals surface area contributed by atoms with Crippen molar-refractivity contribution in [3.05, 3.63) is 18.0 Å². The number of carbonyl (C=O) groups excluding carboxylic acids is 1. The third-order valence-electron chi connectivity index (χ3n) is 1.86. The van der Waals surface area contributed by atoms with Crippen LogP contribution in [-0.2, 0) is 0 Å². The highest BCUT2D eigenvalue weighted by Crippen LogP contribution is 2.14. The number of rotatable bonds is 2. The molecule has 72 valence electrons. The van der Waals surface area contributed by atoms with E-state index >= 15 is 0 Å². The van der Waals surface area contributed by atoms with Crippen molar-refractivity contribution >= 4 is 16.9 Å². The summed E-state index contributed by atoms with van der Waals surface area (Å²) in [6.07, 6.45) is 0. The zero-order valence-electron chi connectivity index (χ0n) is 7.87. The first-order chi connectivity index (χ1) is 6.70. The van der Waals surface area contributed by atoms with Crippen molar-refractivity contribution in [2.24, 2.45) is 0 Å². The van der Waals surface area contributed by atoms with Gasteiger partial charge in [-0.2, -0.15) is 4.98 Å². The highest BCUT2D eigenvalue weighted by atomic mass is 16.5. The number of ketones is 1. The van der Waals surface area contributed by atoms with E-state index in [9.17, 15) is 4.79 Å². The van der Waals surface area contributed by atoms with E-state index in [2.05, 4.69) is 15.0 Å². The summed E-state index contributed by atoms with van der Waals surface area (Å²) in [7, 11) is 1.53. The second kappa shape index (κ2) is 3.10. The van der Waals surface area contributed by atoms with E-state index in [0.29, 0.717) is 17.4 Å². The molecule has 0 fully saturated rings. The number of fused-ring (bicyclic) bond motifs is 1. The molecule has 1 N–H and O–H groups in total. The molecule has 0 saturated heterocycles. The van der Waals surface area contributed by atoms with Gasteiger partial charge in [0.15, 0.2) is 17.3 Å². The number of hydrogen-bond acceptors (Lipinski definition) is 4. The van der Waals surface area contributed by atoms with Crippen molar-refractivity contribution in [3.63, 3.8) is 0 Å². The van der Waals surface area contributed by atoms with Crippen molar-refractivity contribution in [1.29, 1.82) is 0 Å². The van der Waals surface area contributed by atoms with E-state index in [4.69, 9.17) is 4.74 Å². The van der Waals surface area contributed by atoms with Gasteiger partial charge in [0, 0.05) is 13.0 Å². The fourth-order valence-electron chi connectivity index (χ4n) is 1.16. The van der Waals surface area contributed by atoms with Crippen LogP contribution in [0.5, 0.6) is 5.88 Å². The summed E-state index contributed by atoms with van der Waals surface area (Å²) < 4.78 is 4.94. The van der Waals surface area contributed by atoms with Crippen molar-refractivity contribution in [2.45, 2.75) is 6.92 Å². The largest absolute Gasteiger partial charge is 0.481 e. The summed E-state index contributed by atoms with van der Waals surface area (Å²) in [5.74, 6) is 0.696. The van der Waals surface area contributed by atoms with E-state index in [0.717, 1.165) is 5.52 Å². The zero-order valence-corrected chi connectivity index (χ0v) is 7.87. The second-order valence-corrected chi connectivity index (χ2v) is 2.87. The van der Waals surface area contributed by atoms with Crippen LogP contribution < -0.4 is 4.74 Å². The molecular weight excluding hydrogens is 182 g/mol. The molecule has 0 atom stereocenters. The standard InChI is InChI=1S/C9H9N3O2/c1-5(13)8-10-6-3-4-7(14-2)11-9(6)12-8/h3-4H,1-2H3,(H,10,11,12). The molecular formula is C9H9N3O2. The van der Waals surface area contributed by atoms with Gasteiger partial charge in [-0.1, -0.05) is 0 Å². The predicted molar refractivity (Wildman–Crippen MR) is 50.4 cm³/mol. The van der Waals surface area contributed by atoms with E-state index in [1.165, 1.54) is 14.0 Å². The number of aromatic amines is 1. The lowest BCUT2D eigenvalue weighted by molar-refractivity contribution is 0.100. The molecule has 0 aliphatic rings. The number of carbonyl (C=O) groups is 1. The van der Waals surface area contributed by atoms with Gasteiger partial charge < -0.3 is 9.72 Å². The van der Waals surface area contributed by atoms with E-state index < -0.39 is 0 Å². The van der Waals surface area contributed by atoms with Crippen molar-refractivity contribution in [3.8, 4) is 5.88 Å². The zero-order chi connectivity index (χ0) is 10.1. The van der Waals surface area contributed by atoms with Crippen LogP contribution >= 0.6 is 0 Å². The number of pyridine rings is 1. The number of H-pyrrole nitrogens is 1. The van der Waals surface area contributed by atoms with Gasteiger partial charge in [-0.3, -0.25) is 4.79 Å². The molecule has 0 bridgehead atoms. The summed E-state index contributed by atoms with van der Waals surface area (Å²) in [4.78, 5) is 22.0. The van der Waals surface area contributed by atoms with E-state index in [-0.39, 0.29) is 5.78 Å². The fourth-order valence-corrected chi connectivity index (χ4v) is 1.16. The maximum atomic E-state index is 11.0. The Morgan fingerprint density at radius 3 is 2.86 bits per heavy atom. The Kier molecular flexibility index (Phi) is 1.92. The SMILES string of the molecule is COc1ccc2[nH]c(C(C)=O)nc2n1. The Bertz CT molecular complexity index is 490. The number of imidazole rings is 1. The number of ether oxygens (including phenoxy) is 1. The molecule has 0 aliphatic carbocycles. The highest BCUT2D eigenvalue weighted by Gasteiger charge is 2.07. The minimum absolute atomic E-state index is 0.109. The van der Waals surface area contributed by atoms with Crippen LogP contribution in [0.3, 0.4) is 0 Å². The van der Waals surface area contributed by atoms with Gasteiger partial charge in [-0.25, -0.2) is 4.98 Å². The lowest BCUT2D eigenvalue weighted by Gasteiger charge is -1.95. The first kappa shape index (κ1) is 8.68. The Labute approximate surface area is 80.1 Å². The summed E-state index contributed by atoms with van der Waals surface area (Å²) >= 11 is 0. The molecule has 0 aliphatic heterocycles. The molecule has 2 heterocycles. The molecule has 5 nitrogen and oxygen atoms in total. The van der Waals surface area contributed by atoms with Crippen LogP contribution in [0.4, 0.5) is 0 Å². The van der Waals surface area contributed by atoms with Crippen LogP contribution in [0.25, 0.3) is 11.2 Å². The average Bonchev–Trinajstić information content (AvgIpc) is 2.59. The predicted octanol–water partition coefficient (Wildman–Crippen LogP) is 1.17. The number of hydrogen-bond donors (Lipinski definition) is 1. The fraction of sp³-hybridized carbons (Fsp3) is 0.222.